The van der Waals surface area contributed by atoms with Crippen LogP contribution in [0.5, 0.6) is 0 Å². The van der Waals surface area contributed by atoms with E-state index in [1.807, 2.05) is 0 Å². The lowest BCUT2D eigenvalue weighted by Crippen LogP contribution is -2.59. The fourth-order valence-corrected chi connectivity index (χ4v) is 3.75. The lowest BCUT2D eigenvalue weighted by Gasteiger charge is -2.38. The number of para-hydroxylation sites is 1. The van der Waals surface area contributed by atoms with Crippen LogP contribution >= 0.6 is 11.6 Å². The molecule has 14 heteroatoms. The van der Waals surface area contributed by atoms with E-state index in [1.165, 1.54) is 29.2 Å². The quantitative estimate of drug-likeness (QED) is 0.502. The third-order valence-electron chi connectivity index (χ3n) is 5.00. The molecule has 0 amide bonds. The summed E-state index contributed by atoms with van der Waals surface area (Å²) in [6, 6.07) is 8.82. The Kier molecular flexibility index (Phi) is 5.35. The molecule has 0 saturated heterocycles. The van der Waals surface area contributed by atoms with Crippen molar-refractivity contribution in [3.63, 3.8) is 0 Å². The maximum Gasteiger partial charge on any atom is 0.427 e. The van der Waals surface area contributed by atoms with E-state index in [0.717, 1.165) is 24.3 Å². The molecule has 1 aromatic heterocycles. The Morgan fingerprint density at radius 2 is 1.59 bits per heavy atom. The van der Waals surface area contributed by atoms with Crippen molar-refractivity contribution in [1.82, 2.24) is 9.55 Å². The van der Waals surface area contributed by atoms with Crippen LogP contribution in [0, 0.1) is 5.82 Å². The highest BCUT2D eigenvalue weighted by atomic mass is 35.5. The van der Waals surface area contributed by atoms with Gasteiger partial charge in [-0.15, -0.1) is 0 Å². The van der Waals surface area contributed by atoms with Gasteiger partial charge in [0.05, 0.1) is 5.69 Å². The van der Waals surface area contributed by atoms with Crippen LogP contribution in [0.1, 0.15) is 11.1 Å². The van der Waals surface area contributed by atoms with Crippen LogP contribution < -0.4 is 16.6 Å². The molecule has 0 radical (unpaired) electrons. The van der Waals surface area contributed by atoms with E-state index in [1.54, 1.807) is 0 Å². The third-order valence-corrected chi connectivity index (χ3v) is 5.24. The number of hydrogen-bond acceptors (Lipinski definition) is 4. The van der Waals surface area contributed by atoms with Crippen molar-refractivity contribution in [2.45, 2.75) is 17.9 Å². The van der Waals surface area contributed by atoms with Crippen LogP contribution in [0.2, 0.25) is 5.02 Å². The zero-order valence-corrected chi connectivity index (χ0v) is 17.1. The normalized spacial score (nSPS) is 15.4. The molecule has 0 unspecified atom stereocenters. The van der Waals surface area contributed by atoms with E-state index in [2.05, 4.69) is 10.3 Å². The number of aromatic nitrogens is 2. The molecular weight excluding hydrogens is 497 g/mol. The molecule has 2 aromatic carbocycles. The van der Waals surface area contributed by atoms with Gasteiger partial charge in [-0.1, -0.05) is 35.9 Å². The predicted octanol–water partition coefficient (Wildman–Crippen LogP) is 4.51. The van der Waals surface area contributed by atoms with Crippen LogP contribution in [-0.4, -0.2) is 27.7 Å². The molecule has 4 rings (SSSR count). The lowest BCUT2D eigenvalue weighted by atomic mass is 9.87. The number of aliphatic imine (C=N–C) groups is 1. The first-order valence-electron chi connectivity index (χ1n) is 9.19. The molecule has 0 aliphatic carbocycles. The van der Waals surface area contributed by atoms with Gasteiger partial charge in [-0.25, -0.2) is 18.7 Å². The molecule has 2 N–H and O–H groups in total. The standard InChI is InChI=1S/C20H10ClF7N4O2/c21-10-5-3-4-9(8-10)14-29-15-13(18(31-14,19(23,24)25)20(26,27)28)16(33)30-17(34)32(15)12-7-2-1-6-11(12)22/h1-8H,(H,29,31)(H,30,33,34). The van der Waals surface area contributed by atoms with Gasteiger partial charge in [-0.2, -0.15) is 26.3 Å². The summed E-state index contributed by atoms with van der Waals surface area (Å²) in [4.78, 5) is 29.4. The molecule has 6 nitrogen and oxygen atoms in total. The Morgan fingerprint density at radius 1 is 0.941 bits per heavy atom. The molecule has 2 heterocycles. The van der Waals surface area contributed by atoms with E-state index in [-0.39, 0.29) is 15.2 Å². The second kappa shape index (κ2) is 7.72. The van der Waals surface area contributed by atoms with Crippen molar-refractivity contribution in [2.75, 3.05) is 5.32 Å². The van der Waals surface area contributed by atoms with Crippen LogP contribution in [0.3, 0.4) is 0 Å². The Morgan fingerprint density at radius 3 is 2.18 bits per heavy atom. The zero-order chi connectivity index (χ0) is 25.1. The summed E-state index contributed by atoms with van der Waals surface area (Å²) in [7, 11) is 0. The minimum atomic E-state index is -6.20. The maximum atomic E-state index is 14.5. The Hall–Kier alpha value is -3.61. The first-order chi connectivity index (χ1) is 15.8. The minimum absolute atomic E-state index is 0.0465. The molecule has 178 valence electrons. The van der Waals surface area contributed by atoms with Gasteiger partial charge in [0.15, 0.2) is 0 Å². The molecule has 1 aliphatic rings. The second-order valence-electron chi connectivity index (χ2n) is 7.07. The number of nitrogens with zero attached hydrogens (tertiary/aromatic N) is 2. The molecule has 0 atom stereocenters. The lowest BCUT2D eigenvalue weighted by molar-refractivity contribution is -0.301. The van der Waals surface area contributed by atoms with Gasteiger partial charge in [0.25, 0.3) is 11.1 Å². The Bertz CT molecular complexity index is 1430. The van der Waals surface area contributed by atoms with Gasteiger partial charge in [-0.05, 0) is 24.3 Å². The predicted molar refractivity (Wildman–Crippen MR) is 108 cm³/mol. The summed E-state index contributed by atoms with van der Waals surface area (Å²) in [6.07, 6.45) is -12.4. The van der Waals surface area contributed by atoms with Crippen molar-refractivity contribution in [1.29, 1.82) is 0 Å². The van der Waals surface area contributed by atoms with Crippen LogP contribution in [0.15, 0.2) is 63.1 Å². The van der Waals surface area contributed by atoms with Gasteiger partial charge in [0.1, 0.15) is 23.0 Å². The number of amidine groups is 1. The van der Waals surface area contributed by atoms with Gasteiger partial charge in [0.2, 0.25) is 0 Å². The van der Waals surface area contributed by atoms with Gasteiger partial charge in [-0.3, -0.25) is 9.78 Å². The largest absolute Gasteiger partial charge is 0.427 e. The zero-order valence-electron chi connectivity index (χ0n) is 16.4. The van der Waals surface area contributed by atoms with Crippen molar-refractivity contribution >= 4 is 23.3 Å². The summed E-state index contributed by atoms with van der Waals surface area (Å²) in [5.41, 5.74) is -11.6. The molecule has 1 aliphatic heterocycles. The molecule has 3 aromatic rings. The highest BCUT2D eigenvalue weighted by Crippen LogP contribution is 2.55. The number of anilines is 1. The van der Waals surface area contributed by atoms with Gasteiger partial charge in [0, 0.05) is 10.6 Å². The molecule has 34 heavy (non-hydrogen) atoms. The monoisotopic (exact) mass is 506 g/mol. The first-order valence-corrected chi connectivity index (χ1v) is 9.56. The summed E-state index contributed by atoms with van der Waals surface area (Å²) in [6.45, 7) is 0. The van der Waals surface area contributed by atoms with Crippen molar-refractivity contribution in [3.8, 4) is 5.69 Å². The number of rotatable bonds is 2. The number of aromatic amines is 1. The summed E-state index contributed by atoms with van der Waals surface area (Å²) in [5, 5.41) is 2.14. The molecule has 0 bridgehead atoms. The number of alkyl halides is 6. The van der Waals surface area contributed by atoms with Crippen molar-refractivity contribution < 1.29 is 30.7 Å². The van der Waals surface area contributed by atoms with Crippen LogP contribution in [-0.2, 0) is 5.54 Å². The number of halogens is 8. The van der Waals surface area contributed by atoms with E-state index in [9.17, 15) is 40.3 Å². The van der Waals surface area contributed by atoms with Gasteiger partial charge < -0.3 is 5.32 Å². The topological polar surface area (TPSA) is 79.2 Å². The Labute approximate surface area is 189 Å². The highest BCUT2D eigenvalue weighted by Gasteiger charge is 2.75. The van der Waals surface area contributed by atoms with Crippen LogP contribution in [0.25, 0.3) is 5.69 Å². The van der Waals surface area contributed by atoms with E-state index >= 15 is 0 Å². The number of benzene rings is 2. The van der Waals surface area contributed by atoms with E-state index in [4.69, 9.17) is 11.6 Å². The fraction of sp³-hybridized carbons (Fsp3) is 0.150. The smallest absolute Gasteiger partial charge is 0.325 e. The minimum Gasteiger partial charge on any atom is -0.325 e. The highest BCUT2D eigenvalue weighted by molar-refractivity contribution is 6.31. The number of hydrogen-bond donors (Lipinski definition) is 2. The molecular formula is C20H10ClF7N4O2. The summed E-state index contributed by atoms with van der Waals surface area (Å²) in [5.74, 6) is -3.41. The average molecular weight is 507 g/mol. The van der Waals surface area contributed by atoms with Gasteiger partial charge >= 0.3 is 18.0 Å². The number of nitrogens with one attached hydrogen (secondary N) is 2. The number of fused-ring (bicyclic) bond motifs is 1. The third kappa shape index (κ3) is 3.47. The maximum absolute atomic E-state index is 14.5. The molecule has 0 fully saturated rings. The first kappa shape index (κ1) is 23.5. The van der Waals surface area contributed by atoms with Crippen molar-refractivity contribution in [3.05, 3.63) is 91.3 Å². The Balaban J connectivity index is 2.21. The van der Waals surface area contributed by atoms with E-state index in [0.29, 0.717) is 0 Å². The van der Waals surface area contributed by atoms with Crippen LogP contribution in [0.4, 0.5) is 36.6 Å². The molecule has 0 saturated carbocycles. The molecule has 0 spiro atoms. The summed E-state index contributed by atoms with van der Waals surface area (Å²) >= 11 is 5.83. The number of H-pyrrole nitrogens is 1. The second-order valence-corrected chi connectivity index (χ2v) is 7.51. The fourth-order valence-electron chi connectivity index (χ4n) is 3.56. The van der Waals surface area contributed by atoms with E-state index < -0.39 is 57.9 Å². The summed E-state index contributed by atoms with van der Waals surface area (Å²) < 4.78 is 100. The SMILES string of the molecule is O=c1[nH]c(=O)n(-c2ccccc2F)c2c1C(C(F)(F)F)(C(F)(F)F)N=C(c1cccc(Cl)c1)N2. The van der Waals surface area contributed by atoms with Crippen molar-refractivity contribution in [2.24, 2.45) is 4.99 Å². The average Bonchev–Trinajstić information content (AvgIpc) is 2.72.